The van der Waals surface area contributed by atoms with E-state index < -0.39 is 0 Å². The van der Waals surface area contributed by atoms with E-state index >= 15 is 0 Å². The molecule has 5 nitrogen and oxygen atoms in total. The predicted molar refractivity (Wildman–Crippen MR) is 94.2 cm³/mol. The largest absolute Gasteiger partial charge is 0.462 e. The van der Waals surface area contributed by atoms with Crippen molar-refractivity contribution < 1.29 is 19.1 Å². The van der Waals surface area contributed by atoms with Crippen LogP contribution in [0.25, 0.3) is 0 Å². The Bertz CT molecular complexity index is 384. The molecule has 0 fully saturated rings. The van der Waals surface area contributed by atoms with Crippen molar-refractivity contribution in [2.45, 2.75) is 41.5 Å². The minimum atomic E-state index is -0.299. The van der Waals surface area contributed by atoms with Crippen LogP contribution in [0.4, 0.5) is 0 Å². The summed E-state index contributed by atoms with van der Waals surface area (Å²) >= 11 is 0. The van der Waals surface area contributed by atoms with Crippen molar-refractivity contribution in [2.75, 3.05) is 32.8 Å². The van der Waals surface area contributed by atoms with E-state index in [9.17, 15) is 9.59 Å². The van der Waals surface area contributed by atoms with E-state index in [0.717, 1.165) is 19.6 Å². The second-order valence-corrected chi connectivity index (χ2v) is 5.72. The van der Waals surface area contributed by atoms with E-state index in [1.165, 1.54) is 0 Å². The molecule has 0 rings (SSSR count). The summed E-state index contributed by atoms with van der Waals surface area (Å²) in [5.41, 5.74) is 0.917. The van der Waals surface area contributed by atoms with E-state index in [2.05, 4.69) is 31.9 Å². The van der Waals surface area contributed by atoms with Gasteiger partial charge in [0.2, 0.25) is 0 Å². The van der Waals surface area contributed by atoms with Crippen molar-refractivity contribution in [3.63, 3.8) is 0 Å². The highest BCUT2D eigenvalue weighted by atomic mass is 16.5. The molecule has 0 aromatic carbocycles. The fourth-order valence-corrected chi connectivity index (χ4v) is 1.30. The predicted octanol–water partition coefficient (Wildman–Crippen LogP) is 3.21. The molecular formula is C18H33NO4. The summed E-state index contributed by atoms with van der Waals surface area (Å²) < 4.78 is 9.78. The van der Waals surface area contributed by atoms with Gasteiger partial charge in [-0.1, -0.05) is 40.9 Å². The SMILES string of the molecule is C=C(C)C(=O)OCC(C)C.C=C(C)C(=O)OCCN(CC)CC. The third-order valence-electron chi connectivity index (χ3n) is 2.78. The van der Waals surface area contributed by atoms with Gasteiger partial charge in [-0.3, -0.25) is 0 Å². The fourth-order valence-electron chi connectivity index (χ4n) is 1.30. The van der Waals surface area contributed by atoms with Crippen LogP contribution in [0.15, 0.2) is 24.3 Å². The first-order valence-corrected chi connectivity index (χ1v) is 8.03. The van der Waals surface area contributed by atoms with Gasteiger partial charge in [-0.05, 0) is 32.9 Å². The van der Waals surface area contributed by atoms with E-state index in [4.69, 9.17) is 9.47 Å². The van der Waals surface area contributed by atoms with Gasteiger partial charge in [-0.2, -0.15) is 0 Å². The van der Waals surface area contributed by atoms with Crippen LogP contribution in [0.1, 0.15) is 41.5 Å². The van der Waals surface area contributed by atoms with Gasteiger partial charge in [0.1, 0.15) is 6.61 Å². The Morgan fingerprint density at radius 2 is 1.39 bits per heavy atom. The summed E-state index contributed by atoms with van der Waals surface area (Å²) in [6.07, 6.45) is 0. The number of nitrogens with zero attached hydrogens (tertiary/aromatic N) is 1. The van der Waals surface area contributed by atoms with Gasteiger partial charge >= 0.3 is 11.9 Å². The van der Waals surface area contributed by atoms with E-state index in [-0.39, 0.29) is 11.9 Å². The topological polar surface area (TPSA) is 55.8 Å². The molecule has 0 radical (unpaired) electrons. The second-order valence-electron chi connectivity index (χ2n) is 5.72. The fraction of sp³-hybridized carbons (Fsp3) is 0.667. The lowest BCUT2D eigenvalue weighted by atomic mass is 10.2. The van der Waals surface area contributed by atoms with Gasteiger partial charge in [0.25, 0.3) is 0 Å². The van der Waals surface area contributed by atoms with Gasteiger partial charge in [0.15, 0.2) is 0 Å². The number of carbonyl (C=O) groups excluding carboxylic acids is 2. The number of likely N-dealkylation sites (N-methyl/N-ethyl adjacent to an activating group) is 1. The summed E-state index contributed by atoms with van der Waals surface area (Å²) in [5, 5.41) is 0. The highest BCUT2D eigenvalue weighted by Gasteiger charge is 2.04. The molecule has 23 heavy (non-hydrogen) atoms. The molecule has 0 aliphatic heterocycles. The minimum absolute atomic E-state index is 0.297. The van der Waals surface area contributed by atoms with Gasteiger partial charge in [0, 0.05) is 17.7 Å². The number of hydrogen-bond acceptors (Lipinski definition) is 5. The molecule has 5 heteroatoms. The summed E-state index contributed by atoms with van der Waals surface area (Å²) in [6.45, 7) is 22.1. The zero-order chi connectivity index (χ0) is 18.4. The van der Waals surface area contributed by atoms with Crippen molar-refractivity contribution in [2.24, 2.45) is 5.92 Å². The molecule has 0 saturated heterocycles. The van der Waals surface area contributed by atoms with Crippen LogP contribution in [-0.4, -0.2) is 49.7 Å². The van der Waals surface area contributed by atoms with E-state index in [1.807, 2.05) is 13.8 Å². The molecule has 0 aromatic heterocycles. The molecule has 134 valence electrons. The quantitative estimate of drug-likeness (QED) is 0.481. The smallest absolute Gasteiger partial charge is 0.333 e. The maximum atomic E-state index is 11.0. The first kappa shape index (κ1) is 23.6. The summed E-state index contributed by atoms with van der Waals surface area (Å²) in [4.78, 5) is 23.9. The monoisotopic (exact) mass is 327 g/mol. The van der Waals surface area contributed by atoms with Crippen LogP contribution in [0.5, 0.6) is 0 Å². The maximum Gasteiger partial charge on any atom is 0.333 e. The Morgan fingerprint density at radius 1 is 0.957 bits per heavy atom. The van der Waals surface area contributed by atoms with Crippen molar-refractivity contribution in [1.82, 2.24) is 4.90 Å². The molecule has 0 aliphatic rings. The normalized spacial score (nSPS) is 9.91. The van der Waals surface area contributed by atoms with Crippen LogP contribution in [0, 0.1) is 5.92 Å². The molecule has 0 heterocycles. The lowest BCUT2D eigenvalue weighted by molar-refractivity contribution is -0.140. The highest BCUT2D eigenvalue weighted by molar-refractivity contribution is 5.87. The molecule has 0 spiro atoms. The number of rotatable bonds is 9. The molecule has 0 atom stereocenters. The van der Waals surface area contributed by atoms with Gasteiger partial charge in [-0.15, -0.1) is 0 Å². The summed E-state index contributed by atoms with van der Waals surface area (Å²) in [6, 6.07) is 0. The average Bonchev–Trinajstić information content (AvgIpc) is 2.49. The molecule has 0 unspecified atom stereocenters. The Labute approximate surface area is 141 Å². The van der Waals surface area contributed by atoms with Crippen LogP contribution < -0.4 is 0 Å². The number of esters is 2. The molecule has 0 N–H and O–H groups in total. The molecule has 0 bridgehead atoms. The molecule has 0 saturated carbocycles. The van der Waals surface area contributed by atoms with Crippen molar-refractivity contribution in [3.05, 3.63) is 24.3 Å². The Kier molecular flexibility index (Phi) is 14.4. The van der Waals surface area contributed by atoms with Gasteiger partial charge < -0.3 is 14.4 Å². The average molecular weight is 327 g/mol. The molecular weight excluding hydrogens is 294 g/mol. The zero-order valence-corrected chi connectivity index (χ0v) is 15.6. The van der Waals surface area contributed by atoms with E-state index in [1.54, 1.807) is 13.8 Å². The third-order valence-corrected chi connectivity index (χ3v) is 2.78. The molecule has 0 aromatic rings. The lowest BCUT2D eigenvalue weighted by Gasteiger charge is -2.17. The minimum Gasteiger partial charge on any atom is -0.462 e. The van der Waals surface area contributed by atoms with Gasteiger partial charge in [-0.25, -0.2) is 9.59 Å². The maximum absolute atomic E-state index is 11.0. The van der Waals surface area contributed by atoms with Crippen LogP contribution in [0.3, 0.4) is 0 Å². The van der Waals surface area contributed by atoms with Crippen LogP contribution >= 0.6 is 0 Å². The van der Waals surface area contributed by atoms with Crippen LogP contribution in [0.2, 0.25) is 0 Å². The lowest BCUT2D eigenvalue weighted by Crippen LogP contribution is -2.27. The second kappa shape index (κ2) is 14.0. The first-order chi connectivity index (χ1) is 10.6. The summed E-state index contributed by atoms with van der Waals surface area (Å²) in [7, 11) is 0. The summed E-state index contributed by atoms with van der Waals surface area (Å²) in [5.74, 6) is -0.204. The molecule has 0 aliphatic carbocycles. The van der Waals surface area contributed by atoms with Crippen molar-refractivity contribution in [1.29, 1.82) is 0 Å². The van der Waals surface area contributed by atoms with Crippen LogP contribution in [-0.2, 0) is 19.1 Å². The Hall–Kier alpha value is -1.62. The zero-order valence-electron chi connectivity index (χ0n) is 15.6. The Morgan fingerprint density at radius 3 is 1.74 bits per heavy atom. The van der Waals surface area contributed by atoms with Gasteiger partial charge in [0.05, 0.1) is 6.61 Å². The van der Waals surface area contributed by atoms with E-state index in [0.29, 0.717) is 30.3 Å². The molecule has 0 amide bonds. The third kappa shape index (κ3) is 15.1. The number of carbonyl (C=O) groups is 2. The highest BCUT2D eigenvalue weighted by Crippen LogP contribution is 1.97. The first-order valence-electron chi connectivity index (χ1n) is 8.03. The number of ether oxygens (including phenoxy) is 2. The Balaban J connectivity index is 0. The van der Waals surface area contributed by atoms with Crippen molar-refractivity contribution >= 4 is 11.9 Å². The van der Waals surface area contributed by atoms with Crippen molar-refractivity contribution in [3.8, 4) is 0 Å². The number of hydrogen-bond donors (Lipinski definition) is 0. The standard InChI is InChI=1S/C10H19NO2.C8H14O2/c1-5-11(6-2)7-8-13-10(12)9(3)4;1-6(2)5-10-8(9)7(3)4/h3,5-8H2,1-2,4H3;6H,3,5H2,1-2,4H3.